The first-order valence-corrected chi connectivity index (χ1v) is 7.15. The normalized spacial score (nSPS) is 14.3. The third-order valence-corrected chi connectivity index (χ3v) is 3.73. The lowest BCUT2D eigenvalue weighted by molar-refractivity contribution is 0.0931. The van der Waals surface area contributed by atoms with Crippen molar-refractivity contribution in [2.24, 2.45) is 0 Å². The van der Waals surface area contributed by atoms with Gasteiger partial charge in [-0.25, -0.2) is 14.9 Å². The molecule has 2 aromatic heterocycles. The summed E-state index contributed by atoms with van der Waals surface area (Å²) >= 11 is 2.79. The number of carbonyl (C=O) groups is 1. The fourth-order valence-corrected chi connectivity index (χ4v) is 2.49. The molecule has 0 unspecified atom stereocenters. The van der Waals surface area contributed by atoms with Crippen LogP contribution in [0.5, 0.6) is 5.88 Å². The van der Waals surface area contributed by atoms with E-state index in [4.69, 9.17) is 4.74 Å². The second kappa shape index (κ2) is 4.54. The van der Waals surface area contributed by atoms with Crippen LogP contribution in [0.3, 0.4) is 0 Å². The van der Waals surface area contributed by atoms with Gasteiger partial charge in [0.05, 0.1) is 0 Å². The number of anilines is 1. The number of carbonyl (C=O) groups excluding carboxylic acids is 1. The summed E-state index contributed by atoms with van der Waals surface area (Å²) in [6.45, 7) is 0.129. The van der Waals surface area contributed by atoms with Gasteiger partial charge in [-0.3, -0.25) is 4.79 Å². The van der Waals surface area contributed by atoms with Gasteiger partial charge in [-0.05, 0) is 6.26 Å². The number of nitrogens with zero attached hydrogens (tertiary/aromatic N) is 4. The standard InChI is InChI=1S/C10H8N4O2S2/c1-17-9-12-4-6-7(13-9)16-5-14(8(6)15)10-11-2-3-18-10/h2-4H,5H2,1H3. The Bertz CT molecular complexity index is 588. The molecule has 6 nitrogen and oxygen atoms in total. The van der Waals surface area contributed by atoms with Crippen molar-refractivity contribution < 1.29 is 9.53 Å². The fourth-order valence-electron chi connectivity index (χ4n) is 1.53. The summed E-state index contributed by atoms with van der Waals surface area (Å²) in [5, 5.41) is 3.01. The van der Waals surface area contributed by atoms with Crippen LogP contribution >= 0.6 is 23.1 Å². The zero-order valence-electron chi connectivity index (χ0n) is 9.36. The van der Waals surface area contributed by atoms with Crippen LogP contribution in [0, 0.1) is 0 Å². The number of rotatable bonds is 2. The average Bonchev–Trinajstić information content (AvgIpc) is 2.92. The summed E-state index contributed by atoms with van der Waals surface area (Å²) < 4.78 is 5.48. The molecule has 0 fully saturated rings. The highest BCUT2D eigenvalue weighted by molar-refractivity contribution is 7.98. The van der Waals surface area contributed by atoms with E-state index in [1.165, 1.54) is 34.2 Å². The summed E-state index contributed by atoms with van der Waals surface area (Å²) in [4.78, 5) is 26.1. The molecule has 18 heavy (non-hydrogen) atoms. The predicted molar refractivity (Wildman–Crippen MR) is 68.2 cm³/mol. The smallest absolute Gasteiger partial charge is 0.269 e. The van der Waals surface area contributed by atoms with Crippen LogP contribution in [0.2, 0.25) is 0 Å². The van der Waals surface area contributed by atoms with Gasteiger partial charge in [0.25, 0.3) is 5.91 Å². The van der Waals surface area contributed by atoms with Crippen molar-refractivity contribution >= 4 is 34.1 Å². The van der Waals surface area contributed by atoms with Gasteiger partial charge in [-0.15, -0.1) is 11.3 Å². The molecule has 2 aromatic rings. The molecule has 92 valence electrons. The minimum atomic E-state index is -0.182. The molecule has 1 aliphatic rings. The zero-order chi connectivity index (χ0) is 12.5. The van der Waals surface area contributed by atoms with E-state index in [9.17, 15) is 4.79 Å². The molecule has 8 heteroatoms. The maximum absolute atomic E-state index is 12.2. The summed E-state index contributed by atoms with van der Waals surface area (Å²) in [7, 11) is 0. The summed E-state index contributed by atoms with van der Waals surface area (Å²) in [6.07, 6.45) is 5.01. The van der Waals surface area contributed by atoms with Crippen LogP contribution in [-0.2, 0) is 0 Å². The first-order chi connectivity index (χ1) is 8.79. The first kappa shape index (κ1) is 11.4. The van der Waals surface area contributed by atoms with E-state index in [1.54, 1.807) is 6.20 Å². The molecule has 0 spiro atoms. The number of aromatic nitrogens is 3. The molecule has 0 N–H and O–H groups in total. The lowest BCUT2D eigenvalue weighted by atomic mass is 10.3. The van der Waals surface area contributed by atoms with Crippen LogP contribution in [0.1, 0.15) is 10.4 Å². The Balaban J connectivity index is 1.97. The van der Waals surface area contributed by atoms with Crippen molar-refractivity contribution in [3.8, 4) is 5.88 Å². The third-order valence-electron chi connectivity index (χ3n) is 2.37. The number of fused-ring (bicyclic) bond motifs is 1. The molecule has 0 saturated carbocycles. The minimum absolute atomic E-state index is 0.129. The largest absolute Gasteiger partial charge is 0.455 e. The van der Waals surface area contributed by atoms with Gasteiger partial charge in [0.2, 0.25) is 5.88 Å². The Labute approximate surface area is 111 Å². The monoisotopic (exact) mass is 280 g/mol. The molecule has 1 amide bonds. The van der Waals surface area contributed by atoms with Crippen molar-refractivity contribution in [1.82, 2.24) is 15.0 Å². The van der Waals surface area contributed by atoms with Crippen molar-refractivity contribution in [1.29, 1.82) is 0 Å². The van der Waals surface area contributed by atoms with Crippen LogP contribution in [0.4, 0.5) is 5.13 Å². The van der Waals surface area contributed by atoms with Gasteiger partial charge in [0, 0.05) is 17.8 Å². The Morgan fingerprint density at radius 1 is 1.50 bits per heavy atom. The third kappa shape index (κ3) is 1.83. The maximum Gasteiger partial charge on any atom is 0.269 e. The number of thioether (sulfide) groups is 1. The lowest BCUT2D eigenvalue weighted by Gasteiger charge is -2.25. The highest BCUT2D eigenvalue weighted by Gasteiger charge is 2.29. The number of ether oxygens (including phenoxy) is 1. The topological polar surface area (TPSA) is 68.2 Å². The second-order valence-electron chi connectivity index (χ2n) is 3.40. The number of amides is 1. The fraction of sp³-hybridized carbons (Fsp3) is 0.200. The van der Waals surface area contributed by atoms with Gasteiger partial charge in [0.15, 0.2) is 17.0 Å². The van der Waals surface area contributed by atoms with Crippen molar-refractivity contribution in [2.75, 3.05) is 17.9 Å². The van der Waals surface area contributed by atoms with Gasteiger partial charge in [0.1, 0.15) is 5.56 Å². The number of thiazole rings is 1. The molecule has 0 bridgehead atoms. The molecule has 0 saturated heterocycles. The quantitative estimate of drug-likeness (QED) is 0.615. The number of hydrogen-bond acceptors (Lipinski definition) is 7. The van der Waals surface area contributed by atoms with Crippen LogP contribution in [0.15, 0.2) is 22.9 Å². The van der Waals surface area contributed by atoms with E-state index in [0.29, 0.717) is 21.7 Å². The van der Waals surface area contributed by atoms with E-state index in [0.717, 1.165) is 0 Å². The van der Waals surface area contributed by atoms with Gasteiger partial charge >= 0.3 is 0 Å². The molecule has 0 aliphatic carbocycles. The van der Waals surface area contributed by atoms with Gasteiger partial charge in [-0.2, -0.15) is 4.98 Å². The van der Waals surface area contributed by atoms with Crippen LogP contribution in [-0.4, -0.2) is 33.8 Å². The molecule has 3 heterocycles. The van der Waals surface area contributed by atoms with Crippen LogP contribution in [0.25, 0.3) is 0 Å². The number of hydrogen-bond donors (Lipinski definition) is 0. The van der Waals surface area contributed by atoms with Gasteiger partial charge in [-0.1, -0.05) is 11.8 Å². The molecular formula is C10H8N4O2S2. The zero-order valence-corrected chi connectivity index (χ0v) is 11.0. The van der Waals surface area contributed by atoms with Crippen molar-refractivity contribution in [3.63, 3.8) is 0 Å². The Morgan fingerprint density at radius 3 is 3.11 bits per heavy atom. The van der Waals surface area contributed by atoms with E-state index in [2.05, 4.69) is 15.0 Å². The second-order valence-corrected chi connectivity index (χ2v) is 5.04. The lowest BCUT2D eigenvalue weighted by Crippen LogP contribution is -2.39. The van der Waals surface area contributed by atoms with Crippen LogP contribution < -0.4 is 9.64 Å². The first-order valence-electron chi connectivity index (χ1n) is 5.05. The molecule has 3 rings (SSSR count). The Hall–Kier alpha value is -1.67. The van der Waals surface area contributed by atoms with E-state index in [1.807, 2.05) is 11.6 Å². The molecule has 0 aromatic carbocycles. The molecule has 0 atom stereocenters. The highest BCUT2D eigenvalue weighted by Crippen LogP contribution is 2.28. The van der Waals surface area contributed by atoms with E-state index in [-0.39, 0.29) is 12.6 Å². The van der Waals surface area contributed by atoms with Crippen molar-refractivity contribution in [2.45, 2.75) is 5.16 Å². The highest BCUT2D eigenvalue weighted by atomic mass is 32.2. The summed E-state index contributed by atoms with van der Waals surface area (Å²) in [5.41, 5.74) is 0.370. The summed E-state index contributed by atoms with van der Waals surface area (Å²) in [5.74, 6) is 0.158. The maximum atomic E-state index is 12.2. The predicted octanol–water partition coefficient (Wildman–Crippen LogP) is 1.65. The average molecular weight is 280 g/mol. The minimum Gasteiger partial charge on any atom is -0.455 e. The molecule has 0 radical (unpaired) electrons. The molecular weight excluding hydrogens is 272 g/mol. The van der Waals surface area contributed by atoms with E-state index >= 15 is 0 Å². The van der Waals surface area contributed by atoms with Crippen molar-refractivity contribution in [3.05, 3.63) is 23.3 Å². The Morgan fingerprint density at radius 2 is 2.39 bits per heavy atom. The summed E-state index contributed by atoms with van der Waals surface area (Å²) in [6, 6.07) is 0. The molecule has 1 aliphatic heterocycles. The van der Waals surface area contributed by atoms with Gasteiger partial charge < -0.3 is 4.74 Å². The SMILES string of the molecule is CSc1ncc2c(n1)OCN(c1nccs1)C2=O. The van der Waals surface area contributed by atoms with E-state index < -0.39 is 0 Å². The Kier molecular flexibility index (Phi) is 2.88.